The molecule has 0 saturated heterocycles. The first-order chi connectivity index (χ1) is 7.32. The Bertz CT molecular complexity index is 497. The smallest absolute Gasteiger partial charge is 0.242 e. The number of carbonyl (C=O) groups excluding carboxylic acids is 1. The average Bonchev–Trinajstić information content (AvgIpc) is 2.16. The molecule has 0 bridgehead atoms. The molecular weight excluding hydrogens is 250 g/mol. The summed E-state index contributed by atoms with van der Waals surface area (Å²) in [5, 5.41) is 1.75. The highest BCUT2D eigenvalue weighted by Crippen LogP contribution is 2.20. The van der Waals surface area contributed by atoms with E-state index in [0.717, 1.165) is 6.26 Å². The lowest BCUT2D eigenvalue weighted by Gasteiger charge is -2.10. The Hall–Kier alpha value is -1.07. The fourth-order valence-corrected chi connectivity index (χ4v) is 2.02. The van der Waals surface area contributed by atoms with E-state index >= 15 is 0 Å². The molecule has 1 atom stereocenters. The van der Waals surface area contributed by atoms with Crippen LogP contribution in [0, 0.1) is 0 Å². The third-order valence-corrected chi connectivity index (χ3v) is 3.26. The quantitative estimate of drug-likeness (QED) is 0.842. The maximum atomic E-state index is 11.4. The van der Waals surface area contributed by atoms with Crippen LogP contribution >= 0.6 is 11.6 Å². The molecule has 0 fully saturated rings. The van der Waals surface area contributed by atoms with Gasteiger partial charge in [0.05, 0.1) is 10.6 Å². The number of sulfone groups is 1. The molecule has 4 nitrogen and oxygen atoms in total. The molecule has 0 heterocycles. The van der Waals surface area contributed by atoms with E-state index in [1.165, 1.54) is 19.1 Å². The zero-order valence-electron chi connectivity index (χ0n) is 8.90. The molecule has 1 rings (SSSR count). The van der Waals surface area contributed by atoms with Gasteiger partial charge >= 0.3 is 0 Å². The maximum absolute atomic E-state index is 11.4. The molecule has 1 amide bonds. The number of rotatable bonds is 3. The van der Waals surface area contributed by atoms with Gasteiger partial charge in [-0.1, -0.05) is 12.1 Å². The second-order valence-corrected chi connectivity index (χ2v) is 6.01. The van der Waals surface area contributed by atoms with Crippen molar-refractivity contribution in [1.29, 1.82) is 0 Å². The number of benzene rings is 1. The van der Waals surface area contributed by atoms with Crippen LogP contribution in [0.2, 0.25) is 0 Å². The summed E-state index contributed by atoms with van der Waals surface area (Å²) in [5.41, 5.74) is 0.252. The summed E-state index contributed by atoms with van der Waals surface area (Å²) in [6.07, 6.45) is 1.09. The van der Waals surface area contributed by atoms with Crippen molar-refractivity contribution in [1.82, 2.24) is 0 Å². The molecule has 1 aromatic rings. The van der Waals surface area contributed by atoms with Crippen LogP contribution in [0.3, 0.4) is 0 Å². The monoisotopic (exact) mass is 261 g/mol. The second kappa shape index (κ2) is 4.84. The summed E-state index contributed by atoms with van der Waals surface area (Å²) in [7, 11) is -3.36. The number of alkyl halides is 1. The van der Waals surface area contributed by atoms with Crippen LogP contribution in [0.4, 0.5) is 5.69 Å². The fraction of sp³-hybridized carbons (Fsp3) is 0.300. The third-order valence-electron chi connectivity index (χ3n) is 1.91. The van der Waals surface area contributed by atoms with E-state index in [2.05, 4.69) is 5.32 Å². The summed E-state index contributed by atoms with van der Waals surface area (Å²) in [5.74, 6) is -0.433. The molecule has 0 saturated carbocycles. The molecule has 1 aromatic carbocycles. The highest BCUT2D eigenvalue weighted by molar-refractivity contribution is 7.90. The van der Waals surface area contributed by atoms with Gasteiger partial charge in [-0.05, 0) is 19.1 Å². The standard InChI is InChI=1S/C10H12ClNO3S/c1-7(11)10(13)12-8-5-3-4-6-9(8)16(2,14)15/h3-7H,1-2H3,(H,12,13). The average molecular weight is 262 g/mol. The van der Waals surface area contributed by atoms with Crippen LogP contribution in [0.5, 0.6) is 0 Å². The molecule has 16 heavy (non-hydrogen) atoms. The summed E-state index contributed by atoms with van der Waals surface area (Å²) in [6, 6.07) is 6.19. The van der Waals surface area contributed by atoms with E-state index in [9.17, 15) is 13.2 Å². The van der Waals surface area contributed by atoms with E-state index in [-0.39, 0.29) is 10.6 Å². The number of hydrogen-bond acceptors (Lipinski definition) is 3. The summed E-state index contributed by atoms with van der Waals surface area (Å²) < 4.78 is 22.8. The first-order valence-electron chi connectivity index (χ1n) is 4.56. The van der Waals surface area contributed by atoms with Gasteiger partial charge in [-0.3, -0.25) is 4.79 Å². The SMILES string of the molecule is CC(Cl)C(=O)Nc1ccccc1S(C)(=O)=O. The van der Waals surface area contributed by atoms with Crippen molar-refractivity contribution >= 4 is 33.0 Å². The minimum atomic E-state index is -3.36. The van der Waals surface area contributed by atoms with Crippen LogP contribution in [0.15, 0.2) is 29.2 Å². The predicted octanol–water partition coefficient (Wildman–Crippen LogP) is 1.66. The molecule has 1 unspecified atom stereocenters. The van der Waals surface area contributed by atoms with Crippen LogP contribution in [0.1, 0.15) is 6.92 Å². The Morgan fingerprint density at radius 1 is 1.38 bits per heavy atom. The van der Waals surface area contributed by atoms with Crippen molar-refractivity contribution in [3.8, 4) is 0 Å². The van der Waals surface area contributed by atoms with Crippen molar-refractivity contribution in [2.45, 2.75) is 17.2 Å². The predicted molar refractivity (Wildman–Crippen MR) is 63.5 cm³/mol. The normalized spacial score (nSPS) is 13.2. The van der Waals surface area contributed by atoms with Crippen LogP contribution < -0.4 is 5.32 Å². The number of nitrogens with one attached hydrogen (secondary N) is 1. The lowest BCUT2D eigenvalue weighted by atomic mass is 10.3. The van der Waals surface area contributed by atoms with Crippen molar-refractivity contribution in [2.75, 3.05) is 11.6 Å². The third kappa shape index (κ3) is 3.21. The molecular formula is C10H12ClNO3S. The largest absolute Gasteiger partial charge is 0.324 e. The minimum Gasteiger partial charge on any atom is -0.324 e. The molecule has 0 aliphatic rings. The Balaban J connectivity index is 3.11. The van der Waals surface area contributed by atoms with Gasteiger partial charge in [-0.25, -0.2) is 8.42 Å². The minimum absolute atomic E-state index is 0.0840. The molecule has 6 heteroatoms. The van der Waals surface area contributed by atoms with E-state index in [0.29, 0.717) is 0 Å². The van der Waals surface area contributed by atoms with E-state index in [1.54, 1.807) is 12.1 Å². The van der Waals surface area contributed by atoms with E-state index in [1.807, 2.05) is 0 Å². The molecule has 0 aromatic heterocycles. The van der Waals surface area contributed by atoms with Crippen LogP contribution in [0.25, 0.3) is 0 Å². The Labute approximate surface area is 99.5 Å². The van der Waals surface area contributed by atoms with E-state index in [4.69, 9.17) is 11.6 Å². The molecule has 1 N–H and O–H groups in total. The highest BCUT2D eigenvalue weighted by Gasteiger charge is 2.16. The molecule has 0 spiro atoms. The topological polar surface area (TPSA) is 63.2 Å². The summed E-state index contributed by atoms with van der Waals surface area (Å²) in [4.78, 5) is 11.4. The Kier molecular flexibility index (Phi) is 3.93. The number of carbonyl (C=O) groups is 1. The molecule has 88 valence electrons. The first-order valence-corrected chi connectivity index (χ1v) is 6.89. The van der Waals surface area contributed by atoms with Gasteiger partial charge < -0.3 is 5.32 Å². The van der Waals surface area contributed by atoms with E-state index < -0.39 is 21.1 Å². The van der Waals surface area contributed by atoms with Crippen molar-refractivity contribution in [2.24, 2.45) is 0 Å². The number of hydrogen-bond donors (Lipinski definition) is 1. The van der Waals surface area contributed by atoms with Crippen molar-refractivity contribution in [3.05, 3.63) is 24.3 Å². The zero-order chi connectivity index (χ0) is 12.3. The lowest BCUT2D eigenvalue weighted by molar-refractivity contribution is -0.115. The maximum Gasteiger partial charge on any atom is 0.242 e. The van der Waals surface area contributed by atoms with Gasteiger partial charge in [0.15, 0.2) is 9.84 Å². The number of para-hydroxylation sites is 1. The molecule has 0 aliphatic carbocycles. The number of amides is 1. The highest BCUT2D eigenvalue weighted by atomic mass is 35.5. The van der Waals surface area contributed by atoms with Gasteiger partial charge in [0.2, 0.25) is 5.91 Å². The fourth-order valence-electron chi connectivity index (χ4n) is 1.13. The van der Waals surface area contributed by atoms with Gasteiger partial charge in [0, 0.05) is 6.26 Å². The molecule has 0 radical (unpaired) electrons. The van der Waals surface area contributed by atoms with Gasteiger partial charge in [-0.15, -0.1) is 11.6 Å². The first kappa shape index (κ1) is 13.0. The summed E-state index contributed by atoms with van der Waals surface area (Å²) >= 11 is 5.58. The molecule has 0 aliphatic heterocycles. The zero-order valence-corrected chi connectivity index (χ0v) is 10.5. The Morgan fingerprint density at radius 2 is 1.94 bits per heavy atom. The van der Waals surface area contributed by atoms with Crippen LogP contribution in [-0.2, 0) is 14.6 Å². The van der Waals surface area contributed by atoms with Crippen LogP contribution in [-0.4, -0.2) is 26.0 Å². The lowest BCUT2D eigenvalue weighted by Crippen LogP contribution is -2.21. The van der Waals surface area contributed by atoms with Crippen molar-refractivity contribution < 1.29 is 13.2 Å². The number of halogens is 1. The number of anilines is 1. The Morgan fingerprint density at radius 3 is 2.44 bits per heavy atom. The van der Waals surface area contributed by atoms with Gasteiger partial charge in [0.1, 0.15) is 5.38 Å². The van der Waals surface area contributed by atoms with Crippen molar-refractivity contribution in [3.63, 3.8) is 0 Å². The van der Waals surface area contributed by atoms with Gasteiger partial charge in [-0.2, -0.15) is 0 Å². The summed E-state index contributed by atoms with van der Waals surface area (Å²) in [6.45, 7) is 1.51. The second-order valence-electron chi connectivity index (χ2n) is 3.37. The van der Waals surface area contributed by atoms with Gasteiger partial charge in [0.25, 0.3) is 0 Å².